The average Bonchev–Trinajstić information content (AvgIpc) is 2.41. The maximum Gasteiger partial charge on any atom is 0.229 e. The Labute approximate surface area is 119 Å². The highest BCUT2D eigenvalue weighted by molar-refractivity contribution is 9.10. The number of hydrogen-bond donors (Lipinski definition) is 2. The zero-order chi connectivity index (χ0) is 13.8. The van der Waals surface area contributed by atoms with Gasteiger partial charge >= 0.3 is 0 Å². The molecular weight excluding hydrogens is 312 g/mol. The van der Waals surface area contributed by atoms with Gasteiger partial charge in [-0.25, -0.2) is 0 Å². The summed E-state index contributed by atoms with van der Waals surface area (Å²) in [4.78, 5) is 23.1. The van der Waals surface area contributed by atoms with Crippen molar-refractivity contribution in [1.29, 1.82) is 0 Å². The van der Waals surface area contributed by atoms with Gasteiger partial charge in [-0.2, -0.15) is 0 Å². The molecule has 6 heteroatoms. The summed E-state index contributed by atoms with van der Waals surface area (Å²) in [5.74, 6) is 0.417. The first-order valence-corrected chi connectivity index (χ1v) is 6.80. The molecule has 1 unspecified atom stereocenters. The van der Waals surface area contributed by atoms with Crippen LogP contribution in [-0.4, -0.2) is 25.5 Å². The Balaban J connectivity index is 2.00. The fourth-order valence-electron chi connectivity index (χ4n) is 1.94. The van der Waals surface area contributed by atoms with Crippen molar-refractivity contribution in [2.24, 2.45) is 5.92 Å². The smallest absolute Gasteiger partial charge is 0.229 e. The topological polar surface area (TPSA) is 67.4 Å². The van der Waals surface area contributed by atoms with E-state index in [2.05, 4.69) is 26.6 Å². The predicted molar refractivity (Wildman–Crippen MR) is 75.1 cm³/mol. The van der Waals surface area contributed by atoms with Crippen molar-refractivity contribution in [1.82, 2.24) is 5.32 Å². The summed E-state index contributed by atoms with van der Waals surface area (Å²) in [6, 6.07) is 5.37. The third-order valence-corrected chi connectivity index (χ3v) is 3.71. The molecule has 2 amide bonds. The van der Waals surface area contributed by atoms with E-state index in [4.69, 9.17) is 4.74 Å². The largest absolute Gasteiger partial charge is 0.495 e. The monoisotopic (exact) mass is 326 g/mol. The number of benzene rings is 1. The van der Waals surface area contributed by atoms with E-state index in [0.29, 0.717) is 30.8 Å². The molecule has 1 atom stereocenters. The molecule has 1 aliphatic rings. The Morgan fingerprint density at radius 3 is 2.95 bits per heavy atom. The van der Waals surface area contributed by atoms with Gasteiger partial charge in [-0.15, -0.1) is 0 Å². The van der Waals surface area contributed by atoms with Gasteiger partial charge in [-0.1, -0.05) is 0 Å². The van der Waals surface area contributed by atoms with Crippen molar-refractivity contribution >= 4 is 33.4 Å². The molecule has 0 bridgehead atoms. The third-order valence-electron chi connectivity index (χ3n) is 3.05. The highest BCUT2D eigenvalue weighted by Gasteiger charge is 2.24. The molecular formula is C13H15BrN2O3. The van der Waals surface area contributed by atoms with Crippen LogP contribution in [0.2, 0.25) is 0 Å². The van der Waals surface area contributed by atoms with Crippen molar-refractivity contribution in [3.05, 3.63) is 22.7 Å². The second-order valence-electron chi connectivity index (χ2n) is 4.38. The van der Waals surface area contributed by atoms with Crippen LogP contribution < -0.4 is 15.4 Å². The standard InChI is InChI=1S/C13H15BrN2O3/c1-19-11-6-9(3-4-10(11)14)16-13(18)8-2-5-12(17)15-7-8/h3-4,6,8H,2,5,7H2,1H3,(H,15,17)(H,16,18). The molecule has 0 aromatic heterocycles. The van der Waals surface area contributed by atoms with Gasteiger partial charge in [0.1, 0.15) is 5.75 Å². The molecule has 2 N–H and O–H groups in total. The number of ether oxygens (including phenoxy) is 1. The average molecular weight is 327 g/mol. The molecule has 0 spiro atoms. The first-order valence-electron chi connectivity index (χ1n) is 6.01. The van der Waals surface area contributed by atoms with Crippen LogP contribution in [-0.2, 0) is 9.59 Å². The molecule has 0 aliphatic carbocycles. The molecule has 1 saturated heterocycles. The summed E-state index contributed by atoms with van der Waals surface area (Å²) >= 11 is 3.35. The fourth-order valence-corrected chi connectivity index (χ4v) is 2.35. The molecule has 0 saturated carbocycles. The third kappa shape index (κ3) is 3.47. The van der Waals surface area contributed by atoms with Crippen molar-refractivity contribution in [2.45, 2.75) is 12.8 Å². The van der Waals surface area contributed by atoms with Crippen molar-refractivity contribution in [2.75, 3.05) is 19.0 Å². The van der Waals surface area contributed by atoms with Crippen LogP contribution in [0.5, 0.6) is 5.75 Å². The Bertz CT molecular complexity index is 495. The van der Waals surface area contributed by atoms with Crippen molar-refractivity contribution in [3.63, 3.8) is 0 Å². The molecule has 2 rings (SSSR count). The number of methoxy groups -OCH3 is 1. The van der Waals surface area contributed by atoms with E-state index < -0.39 is 0 Å². The van der Waals surface area contributed by atoms with Gasteiger partial charge in [-0.05, 0) is 34.5 Å². The lowest BCUT2D eigenvalue weighted by molar-refractivity contribution is -0.126. The minimum absolute atomic E-state index is 0.00867. The normalized spacial score (nSPS) is 18.6. The number of piperidine rings is 1. The maximum absolute atomic E-state index is 12.0. The van der Waals surface area contributed by atoms with E-state index in [0.717, 1.165) is 4.47 Å². The number of carbonyl (C=O) groups excluding carboxylic acids is 2. The van der Waals surface area contributed by atoms with Gasteiger partial charge in [0.25, 0.3) is 0 Å². The first kappa shape index (κ1) is 13.9. The van der Waals surface area contributed by atoms with Gasteiger partial charge in [-0.3, -0.25) is 9.59 Å². The van der Waals surface area contributed by atoms with Crippen LogP contribution >= 0.6 is 15.9 Å². The number of nitrogens with one attached hydrogen (secondary N) is 2. The number of rotatable bonds is 3. The van der Waals surface area contributed by atoms with Crippen molar-refractivity contribution < 1.29 is 14.3 Å². The quantitative estimate of drug-likeness (QED) is 0.891. The molecule has 102 valence electrons. The number of anilines is 1. The SMILES string of the molecule is COc1cc(NC(=O)C2CCC(=O)NC2)ccc1Br. The van der Waals surface area contributed by atoms with Crippen LogP contribution in [0.3, 0.4) is 0 Å². The molecule has 1 fully saturated rings. The highest BCUT2D eigenvalue weighted by atomic mass is 79.9. The van der Waals surface area contributed by atoms with Crippen molar-refractivity contribution in [3.8, 4) is 5.75 Å². The number of amides is 2. The molecule has 0 radical (unpaired) electrons. The van der Waals surface area contributed by atoms with E-state index in [1.165, 1.54) is 0 Å². The summed E-state index contributed by atoms with van der Waals surface area (Å²) in [6.07, 6.45) is 0.993. The molecule has 5 nitrogen and oxygen atoms in total. The Morgan fingerprint density at radius 1 is 1.53 bits per heavy atom. The van der Waals surface area contributed by atoms with E-state index in [1.807, 2.05) is 6.07 Å². The second kappa shape index (κ2) is 6.06. The Kier molecular flexibility index (Phi) is 4.42. The summed E-state index contributed by atoms with van der Waals surface area (Å²) < 4.78 is 6.00. The van der Waals surface area contributed by atoms with E-state index in [9.17, 15) is 9.59 Å². The second-order valence-corrected chi connectivity index (χ2v) is 5.23. The lowest BCUT2D eigenvalue weighted by Gasteiger charge is -2.21. The number of halogens is 1. The number of hydrogen-bond acceptors (Lipinski definition) is 3. The van der Waals surface area contributed by atoms with Crippen LogP contribution in [0.1, 0.15) is 12.8 Å². The fraction of sp³-hybridized carbons (Fsp3) is 0.385. The minimum Gasteiger partial charge on any atom is -0.495 e. The van der Waals surface area contributed by atoms with Gasteiger partial charge in [0, 0.05) is 24.7 Å². The van der Waals surface area contributed by atoms with Crippen LogP contribution in [0.25, 0.3) is 0 Å². The number of carbonyl (C=O) groups is 2. The van der Waals surface area contributed by atoms with Gasteiger partial charge < -0.3 is 15.4 Å². The maximum atomic E-state index is 12.0. The summed E-state index contributed by atoms with van der Waals surface area (Å²) in [5, 5.41) is 5.54. The lowest BCUT2D eigenvalue weighted by Crippen LogP contribution is -2.40. The summed E-state index contributed by atoms with van der Waals surface area (Å²) in [7, 11) is 1.57. The Morgan fingerprint density at radius 2 is 2.32 bits per heavy atom. The van der Waals surface area contributed by atoms with Gasteiger partial charge in [0.2, 0.25) is 11.8 Å². The summed E-state index contributed by atoms with van der Waals surface area (Å²) in [5.41, 5.74) is 0.682. The molecule has 1 aliphatic heterocycles. The summed E-state index contributed by atoms with van der Waals surface area (Å²) in [6.45, 7) is 0.401. The molecule has 1 aromatic rings. The van der Waals surface area contributed by atoms with Gasteiger partial charge in [0.05, 0.1) is 17.5 Å². The van der Waals surface area contributed by atoms with Crippen LogP contribution in [0, 0.1) is 5.92 Å². The highest BCUT2D eigenvalue weighted by Crippen LogP contribution is 2.28. The van der Waals surface area contributed by atoms with Crippen LogP contribution in [0.15, 0.2) is 22.7 Å². The first-order chi connectivity index (χ1) is 9.10. The van der Waals surface area contributed by atoms with Gasteiger partial charge in [0.15, 0.2) is 0 Å². The van der Waals surface area contributed by atoms with E-state index >= 15 is 0 Å². The Hall–Kier alpha value is -1.56. The predicted octanol–water partition coefficient (Wildman–Crippen LogP) is 1.92. The molecule has 19 heavy (non-hydrogen) atoms. The molecule has 1 aromatic carbocycles. The zero-order valence-electron chi connectivity index (χ0n) is 10.5. The zero-order valence-corrected chi connectivity index (χ0v) is 12.1. The molecule has 1 heterocycles. The van der Waals surface area contributed by atoms with E-state index in [1.54, 1.807) is 19.2 Å². The lowest BCUT2D eigenvalue weighted by atomic mass is 9.98. The van der Waals surface area contributed by atoms with Crippen LogP contribution in [0.4, 0.5) is 5.69 Å². The van der Waals surface area contributed by atoms with E-state index in [-0.39, 0.29) is 17.7 Å². The minimum atomic E-state index is -0.174.